The van der Waals surface area contributed by atoms with Crippen LogP contribution in [0.3, 0.4) is 0 Å². The summed E-state index contributed by atoms with van der Waals surface area (Å²) in [4.78, 5) is 27.8. The highest BCUT2D eigenvalue weighted by atomic mass is 16.2. The molecular formula is C18H21NO2. The zero-order valence-electron chi connectivity index (χ0n) is 12.9. The monoisotopic (exact) mass is 283 g/mol. The Kier molecular flexibility index (Phi) is 3.23. The number of benzene rings is 1. The number of allylic oxidation sites excluding steroid dienone is 1. The van der Waals surface area contributed by atoms with Gasteiger partial charge >= 0.3 is 0 Å². The van der Waals surface area contributed by atoms with Crippen molar-refractivity contribution in [2.24, 2.45) is 5.41 Å². The van der Waals surface area contributed by atoms with Gasteiger partial charge in [0.2, 0.25) is 0 Å². The van der Waals surface area contributed by atoms with Gasteiger partial charge in [-0.3, -0.25) is 9.59 Å². The predicted molar refractivity (Wildman–Crippen MR) is 83.0 cm³/mol. The molecule has 21 heavy (non-hydrogen) atoms. The SMILES string of the molecule is CC(C)(C)C(=O)C1=C(N2CCCC2)c2ccccc2C1=O. The average Bonchev–Trinajstić information content (AvgIpc) is 3.04. The largest absolute Gasteiger partial charge is 0.370 e. The highest BCUT2D eigenvalue weighted by Crippen LogP contribution is 2.39. The van der Waals surface area contributed by atoms with Gasteiger partial charge in [0, 0.05) is 29.6 Å². The van der Waals surface area contributed by atoms with Crippen LogP contribution in [0.15, 0.2) is 29.8 Å². The smallest absolute Gasteiger partial charge is 0.199 e. The first-order chi connectivity index (χ1) is 9.91. The van der Waals surface area contributed by atoms with Gasteiger partial charge in [0.15, 0.2) is 11.6 Å². The van der Waals surface area contributed by atoms with E-state index in [9.17, 15) is 9.59 Å². The van der Waals surface area contributed by atoms with Gasteiger partial charge in [-0.25, -0.2) is 0 Å². The molecule has 0 saturated carbocycles. The van der Waals surface area contributed by atoms with Crippen LogP contribution in [0.2, 0.25) is 0 Å². The third kappa shape index (κ3) is 2.21. The molecule has 1 aliphatic heterocycles. The molecule has 1 saturated heterocycles. The molecule has 1 aromatic rings. The second-order valence-corrected chi connectivity index (χ2v) is 6.87. The van der Waals surface area contributed by atoms with Crippen molar-refractivity contribution < 1.29 is 9.59 Å². The Hall–Kier alpha value is -1.90. The van der Waals surface area contributed by atoms with E-state index in [-0.39, 0.29) is 11.6 Å². The molecule has 0 spiro atoms. The van der Waals surface area contributed by atoms with Crippen molar-refractivity contribution in [3.63, 3.8) is 0 Å². The Morgan fingerprint density at radius 2 is 1.62 bits per heavy atom. The molecule has 3 nitrogen and oxygen atoms in total. The van der Waals surface area contributed by atoms with Crippen LogP contribution in [0, 0.1) is 5.41 Å². The van der Waals surface area contributed by atoms with Gasteiger partial charge in [0.05, 0.1) is 11.3 Å². The molecule has 1 fully saturated rings. The van der Waals surface area contributed by atoms with Crippen LogP contribution in [0.25, 0.3) is 5.70 Å². The van der Waals surface area contributed by atoms with Gasteiger partial charge in [-0.05, 0) is 12.8 Å². The Bertz CT molecular complexity index is 643. The fourth-order valence-corrected chi connectivity index (χ4v) is 3.12. The quantitative estimate of drug-likeness (QED) is 0.781. The third-order valence-corrected chi connectivity index (χ3v) is 4.22. The van der Waals surface area contributed by atoms with Crippen molar-refractivity contribution in [1.29, 1.82) is 0 Å². The molecule has 0 atom stereocenters. The first-order valence-corrected chi connectivity index (χ1v) is 7.59. The van der Waals surface area contributed by atoms with E-state index >= 15 is 0 Å². The highest BCUT2D eigenvalue weighted by molar-refractivity contribution is 6.35. The molecule has 1 heterocycles. The maximum absolute atomic E-state index is 12.8. The zero-order valence-corrected chi connectivity index (χ0v) is 12.9. The van der Waals surface area contributed by atoms with Gasteiger partial charge in [-0.1, -0.05) is 45.0 Å². The van der Waals surface area contributed by atoms with Crippen LogP contribution in [-0.2, 0) is 4.79 Å². The lowest BCUT2D eigenvalue weighted by molar-refractivity contribution is -0.122. The van der Waals surface area contributed by atoms with Crippen molar-refractivity contribution >= 4 is 17.3 Å². The molecule has 0 amide bonds. The molecule has 0 radical (unpaired) electrons. The van der Waals surface area contributed by atoms with Crippen LogP contribution in [-0.4, -0.2) is 29.6 Å². The van der Waals surface area contributed by atoms with E-state index in [2.05, 4.69) is 4.90 Å². The maximum atomic E-state index is 12.8. The summed E-state index contributed by atoms with van der Waals surface area (Å²) >= 11 is 0. The minimum atomic E-state index is -0.544. The second-order valence-electron chi connectivity index (χ2n) is 6.87. The molecular weight excluding hydrogens is 262 g/mol. The normalized spacial score (nSPS) is 18.4. The molecule has 2 aliphatic rings. The number of likely N-dealkylation sites (tertiary alicyclic amines) is 1. The van der Waals surface area contributed by atoms with E-state index in [4.69, 9.17) is 0 Å². The molecule has 0 bridgehead atoms. The van der Waals surface area contributed by atoms with Gasteiger partial charge in [-0.15, -0.1) is 0 Å². The average molecular weight is 283 g/mol. The number of fused-ring (bicyclic) bond motifs is 1. The Balaban J connectivity index is 2.18. The summed E-state index contributed by atoms with van der Waals surface area (Å²) in [5.74, 6) is -0.155. The summed E-state index contributed by atoms with van der Waals surface area (Å²) in [6.45, 7) is 7.48. The number of carbonyl (C=O) groups excluding carboxylic acids is 2. The summed E-state index contributed by atoms with van der Waals surface area (Å²) in [5.41, 5.74) is 2.32. The number of Topliss-reactive ketones (excluding diaryl/α,β-unsaturated/α-hetero) is 2. The number of ketones is 2. The highest BCUT2D eigenvalue weighted by Gasteiger charge is 2.40. The lowest BCUT2D eigenvalue weighted by Gasteiger charge is -2.24. The Labute approximate surface area is 125 Å². The molecule has 3 heteroatoms. The molecule has 3 rings (SSSR count). The topological polar surface area (TPSA) is 37.4 Å². The van der Waals surface area contributed by atoms with E-state index in [0.29, 0.717) is 11.1 Å². The summed E-state index contributed by atoms with van der Waals surface area (Å²) in [5, 5.41) is 0. The number of rotatable bonds is 2. The van der Waals surface area contributed by atoms with Gasteiger partial charge < -0.3 is 4.90 Å². The van der Waals surface area contributed by atoms with E-state index in [1.165, 1.54) is 0 Å². The van der Waals surface area contributed by atoms with Crippen LogP contribution < -0.4 is 0 Å². The zero-order chi connectivity index (χ0) is 15.2. The van der Waals surface area contributed by atoms with E-state index in [1.54, 1.807) is 0 Å². The molecule has 0 aromatic heterocycles. The van der Waals surface area contributed by atoms with Crippen molar-refractivity contribution in [2.45, 2.75) is 33.6 Å². The number of hydrogen-bond acceptors (Lipinski definition) is 3. The number of carbonyl (C=O) groups is 2. The maximum Gasteiger partial charge on any atom is 0.199 e. The number of hydrogen-bond donors (Lipinski definition) is 0. The van der Waals surface area contributed by atoms with Crippen LogP contribution in [0.5, 0.6) is 0 Å². The molecule has 0 unspecified atom stereocenters. The van der Waals surface area contributed by atoms with Crippen molar-refractivity contribution in [3.8, 4) is 0 Å². The molecule has 110 valence electrons. The third-order valence-electron chi connectivity index (χ3n) is 4.22. The van der Waals surface area contributed by atoms with E-state index < -0.39 is 5.41 Å². The summed E-state index contributed by atoms with van der Waals surface area (Å²) in [7, 11) is 0. The van der Waals surface area contributed by atoms with Crippen LogP contribution >= 0.6 is 0 Å². The number of nitrogens with zero attached hydrogens (tertiary/aromatic N) is 1. The lowest BCUT2D eigenvalue weighted by atomic mass is 9.84. The summed E-state index contributed by atoms with van der Waals surface area (Å²) in [6.07, 6.45) is 2.24. The van der Waals surface area contributed by atoms with Crippen molar-refractivity contribution in [3.05, 3.63) is 41.0 Å². The Morgan fingerprint density at radius 1 is 1.05 bits per heavy atom. The van der Waals surface area contributed by atoms with Gasteiger partial charge in [0.1, 0.15) is 0 Å². The van der Waals surface area contributed by atoms with Gasteiger partial charge in [-0.2, -0.15) is 0 Å². The standard InChI is InChI=1S/C18H21NO2/c1-18(2,3)17(21)14-15(19-10-6-7-11-19)12-8-4-5-9-13(12)16(14)20/h4-5,8-9H,6-7,10-11H2,1-3H3. The van der Waals surface area contributed by atoms with E-state index in [0.717, 1.165) is 37.2 Å². The van der Waals surface area contributed by atoms with Crippen LogP contribution in [0.1, 0.15) is 49.5 Å². The van der Waals surface area contributed by atoms with Crippen LogP contribution in [0.4, 0.5) is 0 Å². The van der Waals surface area contributed by atoms with Crippen molar-refractivity contribution in [2.75, 3.05) is 13.1 Å². The minimum Gasteiger partial charge on any atom is -0.370 e. The van der Waals surface area contributed by atoms with Crippen molar-refractivity contribution in [1.82, 2.24) is 4.90 Å². The minimum absolute atomic E-state index is 0.0504. The summed E-state index contributed by atoms with van der Waals surface area (Å²) in [6, 6.07) is 7.59. The fraction of sp³-hybridized carbons (Fsp3) is 0.444. The predicted octanol–water partition coefficient (Wildman–Crippen LogP) is 3.31. The molecule has 0 N–H and O–H groups in total. The first-order valence-electron chi connectivity index (χ1n) is 7.59. The first kappa shape index (κ1) is 14.1. The Morgan fingerprint density at radius 3 is 2.19 bits per heavy atom. The second kappa shape index (κ2) is 4.83. The van der Waals surface area contributed by atoms with Gasteiger partial charge in [0.25, 0.3) is 0 Å². The molecule has 1 aromatic carbocycles. The molecule has 1 aliphatic carbocycles. The summed E-state index contributed by atoms with van der Waals surface area (Å²) < 4.78 is 0. The fourth-order valence-electron chi connectivity index (χ4n) is 3.12. The lowest BCUT2D eigenvalue weighted by Crippen LogP contribution is -2.28. The van der Waals surface area contributed by atoms with E-state index in [1.807, 2.05) is 45.0 Å².